The highest BCUT2D eigenvalue weighted by Crippen LogP contribution is 2.27. The summed E-state index contributed by atoms with van der Waals surface area (Å²) in [7, 11) is 0. The van der Waals surface area contributed by atoms with Gasteiger partial charge in [0.25, 0.3) is 0 Å². The summed E-state index contributed by atoms with van der Waals surface area (Å²) in [5.74, 6) is 1.15. The maximum Gasteiger partial charge on any atom is 0.114 e. The van der Waals surface area contributed by atoms with Gasteiger partial charge in [0.2, 0.25) is 0 Å². The van der Waals surface area contributed by atoms with Gasteiger partial charge < -0.3 is 4.57 Å². The van der Waals surface area contributed by atoms with Crippen molar-refractivity contribution in [3.8, 4) is 0 Å². The second-order valence-corrected chi connectivity index (χ2v) is 6.46. The molecule has 120 valence electrons. The van der Waals surface area contributed by atoms with Crippen LogP contribution in [0.25, 0.3) is 21.8 Å². The molecule has 0 saturated heterocycles. The Morgan fingerprint density at radius 1 is 0.917 bits per heavy atom. The van der Waals surface area contributed by atoms with E-state index in [2.05, 4.69) is 85.1 Å². The SMILES string of the molecule is CC[C@@H](C)n1c(Cc2cccc3ccccc23)nc2ccccc21. The Hall–Kier alpha value is -2.61. The molecule has 0 saturated carbocycles. The number of benzene rings is 3. The Bertz CT molecular complexity index is 992. The number of hydrogen-bond acceptors (Lipinski definition) is 1. The zero-order valence-electron chi connectivity index (χ0n) is 14.2. The molecule has 0 bridgehead atoms. The Morgan fingerprint density at radius 2 is 1.67 bits per heavy atom. The van der Waals surface area contributed by atoms with Crippen LogP contribution in [0.15, 0.2) is 66.7 Å². The molecule has 0 aliphatic heterocycles. The van der Waals surface area contributed by atoms with E-state index in [1.54, 1.807) is 0 Å². The van der Waals surface area contributed by atoms with E-state index in [-0.39, 0.29) is 0 Å². The molecule has 0 unspecified atom stereocenters. The zero-order chi connectivity index (χ0) is 16.5. The molecule has 1 heterocycles. The normalized spacial score (nSPS) is 12.8. The number of nitrogens with zero attached hydrogens (tertiary/aromatic N) is 2. The molecule has 1 aromatic heterocycles. The molecule has 0 aliphatic carbocycles. The van der Waals surface area contributed by atoms with Gasteiger partial charge in [0.05, 0.1) is 11.0 Å². The molecule has 4 aromatic rings. The van der Waals surface area contributed by atoms with Gasteiger partial charge in [-0.15, -0.1) is 0 Å². The van der Waals surface area contributed by atoms with E-state index in [0.29, 0.717) is 6.04 Å². The highest BCUT2D eigenvalue weighted by Gasteiger charge is 2.15. The van der Waals surface area contributed by atoms with E-state index < -0.39 is 0 Å². The Labute approximate surface area is 142 Å². The monoisotopic (exact) mass is 314 g/mol. The van der Waals surface area contributed by atoms with E-state index >= 15 is 0 Å². The molecule has 0 amide bonds. The minimum Gasteiger partial charge on any atom is -0.325 e. The van der Waals surface area contributed by atoms with Crippen LogP contribution in [0.2, 0.25) is 0 Å². The molecular formula is C22H22N2. The zero-order valence-corrected chi connectivity index (χ0v) is 14.2. The van der Waals surface area contributed by atoms with Crippen LogP contribution in [0.5, 0.6) is 0 Å². The van der Waals surface area contributed by atoms with Gasteiger partial charge in [0, 0.05) is 12.5 Å². The lowest BCUT2D eigenvalue weighted by Crippen LogP contribution is -2.09. The van der Waals surface area contributed by atoms with Crippen molar-refractivity contribution in [2.45, 2.75) is 32.7 Å². The van der Waals surface area contributed by atoms with Crippen LogP contribution in [-0.2, 0) is 6.42 Å². The summed E-state index contributed by atoms with van der Waals surface area (Å²) >= 11 is 0. The molecule has 2 nitrogen and oxygen atoms in total. The summed E-state index contributed by atoms with van der Waals surface area (Å²) in [6, 6.07) is 24.1. The number of imidazole rings is 1. The van der Waals surface area contributed by atoms with E-state index in [9.17, 15) is 0 Å². The maximum absolute atomic E-state index is 4.95. The lowest BCUT2D eigenvalue weighted by molar-refractivity contribution is 0.526. The number of fused-ring (bicyclic) bond motifs is 2. The molecule has 0 aliphatic rings. The summed E-state index contributed by atoms with van der Waals surface area (Å²) in [5.41, 5.74) is 3.67. The van der Waals surface area contributed by atoms with Crippen molar-refractivity contribution < 1.29 is 0 Å². The van der Waals surface area contributed by atoms with Crippen molar-refractivity contribution in [2.75, 3.05) is 0 Å². The fourth-order valence-electron chi connectivity index (χ4n) is 3.51. The fraction of sp³-hybridized carbons (Fsp3) is 0.227. The van der Waals surface area contributed by atoms with Gasteiger partial charge in [-0.3, -0.25) is 0 Å². The van der Waals surface area contributed by atoms with Crippen molar-refractivity contribution in [1.82, 2.24) is 9.55 Å². The fourth-order valence-corrected chi connectivity index (χ4v) is 3.51. The lowest BCUT2D eigenvalue weighted by atomic mass is 10.0. The molecule has 0 N–H and O–H groups in total. The number of hydrogen-bond donors (Lipinski definition) is 0. The highest BCUT2D eigenvalue weighted by atomic mass is 15.1. The molecule has 1 atom stereocenters. The Morgan fingerprint density at radius 3 is 2.54 bits per heavy atom. The van der Waals surface area contributed by atoms with Crippen LogP contribution in [0.1, 0.15) is 37.7 Å². The first-order valence-corrected chi connectivity index (χ1v) is 8.70. The first-order valence-electron chi connectivity index (χ1n) is 8.70. The number of rotatable bonds is 4. The van der Waals surface area contributed by atoms with Crippen molar-refractivity contribution in [3.63, 3.8) is 0 Å². The standard InChI is InChI=1S/C22H22N2/c1-3-16(2)24-21-14-7-6-13-20(21)23-22(24)15-18-11-8-10-17-9-4-5-12-19(17)18/h4-14,16H,3,15H2,1-2H3/t16-/m1/s1. The van der Waals surface area contributed by atoms with Crippen molar-refractivity contribution in [3.05, 3.63) is 78.1 Å². The Balaban J connectivity index is 1.87. The summed E-state index contributed by atoms with van der Waals surface area (Å²) in [6.07, 6.45) is 1.96. The van der Waals surface area contributed by atoms with Gasteiger partial charge in [0.15, 0.2) is 0 Å². The van der Waals surface area contributed by atoms with E-state index in [0.717, 1.165) is 24.2 Å². The topological polar surface area (TPSA) is 17.8 Å². The van der Waals surface area contributed by atoms with Gasteiger partial charge in [-0.2, -0.15) is 0 Å². The molecular weight excluding hydrogens is 292 g/mol. The first kappa shape index (κ1) is 14.9. The van der Waals surface area contributed by atoms with Crippen LogP contribution >= 0.6 is 0 Å². The minimum absolute atomic E-state index is 0.447. The second-order valence-electron chi connectivity index (χ2n) is 6.46. The average Bonchev–Trinajstić information content (AvgIpc) is 2.99. The third-order valence-corrected chi connectivity index (χ3v) is 4.93. The molecule has 0 fully saturated rings. The predicted molar refractivity (Wildman–Crippen MR) is 101 cm³/mol. The third-order valence-electron chi connectivity index (χ3n) is 4.93. The van der Waals surface area contributed by atoms with Crippen LogP contribution in [0.4, 0.5) is 0 Å². The maximum atomic E-state index is 4.95. The molecule has 3 aromatic carbocycles. The number of para-hydroxylation sites is 2. The van der Waals surface area contributed by atoms with Gasteiger partial charge in [-0.1, -0.05) is 61.5 Å². The van der Waals surface area contributed by atoms with Gasteiger partial charge in [-0.05, 0) is 41.8 Å². The molecule has 2 heteroatoms. The van der Waals surface area contributed by atoms with Crippen LogP contribution in [-0.4, -0.2) is 9.55 Å². The summed E-state index contributed by atoms with van der Waals surface area (Å²) in [4.78, 5) is 4.95. The van der Waals surface area contributed by atoms with E-state index in [1.165, 1.54) is 21.9 Å². The quantitative estimate of drug-likeness (QED) is 0.469. The predicted octanol–water partition coefficient (Wildman–Crippen LogP) is 5.75. The Kier molecular flexibility index (Phi) is 3.81. The third kappa shape index (κ3) is 2.48. The summed E-state index contributed by atoms with van der Waals surface area (Å²) in [6.45, 7) is 4.52. The van der Waals surface area contributed by atoms with Crippen LogP contribution in [0, 0.1) is 0 Å². The molecule has 0 radical (unpaired) electrons. The van der Waals surface area contributed by atoms with E-state index in [1.807, 2.05) is 0 Å². The van der Waals surface area contributed by atoms with Crippen LogP contribution < -0.4 is 0 Å². The van der Waals surface area contributed by atoms with Crippen molar-refractivity contribution in [1.29, 1.82) is 0 Å². The van der Waals surface area contributed by atoms with Gasteiger partial charge >= 0.3 is 0 Å². The van der Waals surface area contributed by atoms with Gasteiger partial charge in [0.1, 0.15) is 5.82 Å². The average molecular weight is 314 g/mol. The summed E-state index contributed by atoms with van der Waals surface area (Å²) in [5, 5.41) is 2.61. The van der Waals surface area contributed by atoms with Crippen LogP contribution in [0.3, 0.4) is 0 Å². The molecule has 0 spiro atoms. The highest BCUT2D eigenvalue weighted by molar-refractivity contribution is 5.86. The van der Waals surface area contributed by atoms with Crippen molar-refractivity contribution in [2.24, 2.45) is 0 Å². The largest absolute Gasteiger partial charge is 0.325 e. The second kappa shape index (κ2) is 6.12. The molecule has 4 rings (SSSR count). The lowest BCUT2D eigenvalue weighted by Gasteiger charge is -2.16. The first-order chi connectivity index (χ1) is 11.8. The molecule has 24 heavy (non-hydrogen) atoms. The number of aromatic nitrogens is 2. The van der Waals surface area contributed by atoms with Gasteiger partial charge in [-0.25, -0.2) is 4.98 Å². The van der Waals surface area contributed by atoms with E-state index in [4.69, 9.17) is 4.98 Å². The minimum atomic E-state index is 0.447. The summed E-state index contributed by atoms with van der Waals surface area (Å²) < 4.78 is 2.41. The van der Waals surface area contributed by atoms with Crippen molar-refractivity contribution >= 4 is 21.8 Å². The smallest absolute Gasteiger partial charge is 0.114 e.